The Bertz CT molecular complexity index is 1560. The first-order valence-electron chi connectivity index (χ1n) is 16.8. The van der Waals surface area contributed by atoms with Gasteiger partial charge in [-0.15, -0.1) is 0 Å². The molecule has 0 radical (unpaired) electrons. The number of aromatic nitrogens is 1. The number of hydrogen-bond acceptors (Lipinski definition) is 3. The van der Waals surface area contributed by atoms with Gasteiger partial charge in [-0.25, -0.2) is 0 Å². The second kappa shape index (κ2) is 11.9. The number of pyridine rings is 1. The van der Waals surface area contributed by atoms with Gasteiger partial charge in [-0.3, -0.25) is 4.98 Å². The summed E-state index contributed by atoms with van der Waals surface area (Å²) in [5, 5.41) is 3.85. The van der Waals surface area contributed by atoms with Crippen LogP contribution in [-0.4, -0.2) is 4.98 Å². The van der Waals surface area contributed by atoms with E-state index < -0.39 is 0 Å². The Hall–Kier alpha value is -3.59. The fourth-order valence-electron chi connectivity index (χ4n) is 5.62. The SMILES string of the molecule is CC(C)(C)c1cc(-c2cc(C(C)(C)C)cc(-c3cc(C(C)(C)C)cc(C(C)(C)C)c3)c2Nc2ccncc2N)cc(C(C)(C)C)c1. The zero-order chi connectivity index (χ0) is 34.6. The first kappa shape index (κ1) is 35.3. The predicted octanol–water partition coefficient (Wildman–Crippen LogP) is 12.2. The normalized spacial score (nSPS) is 13.2. The van der Waals surface area contributed by atoms with Crippen LogP contribution in [0.3, 0.4) is 0 Å². The van der Waals surface area contributed by atoms with Crippen molar-refractivity contribution < 1.29 is 0 Å². The third-order valence-electron chi connectivity index (χ3n) is 9.07. The van der Waals surface area contributed by atoms with Gasteiger partial charge in [-0.2, -0.15) is 0 Å². The molecule has 3 N–H and O–H groups in total. The van der Waals surface area contributed by atoms with Crippen LogP contribution in [0.4, 0.5) is 17.1 Å². The van der Waals surface area contributed by atoms with Gasteiger partial charge in [0.05, 0.1) is 23.3 Å². The standard InChI is InChI=1S/C43H59N3/c1-39(2,3)29-18-27(19-30(22-29)40(4,5)6)34-24-33(43(13,14)15)25-35(38(34)46-37-16-17-45-26-36(37)44)28-20-31(41(7,8)9)23-32(21-28)42(10,11)12/h16-26H,44H2,1-15H3,(H,45,46). The van der Waals surface area contributed by atoms with Crippen LogP contribution in [0.1, 0.15) is 132 Å². The number of benzene rings is 3. The van der Waals surface area contributed by atoms with E-state index in [1.165, 1.54) is 50.1 Å². The lowest BCUT2D eigenvalue weighted by Crippen LogP contribution is -2.17. The lowest BCUT2D eigenvalue weighted by Gasteiger charge is -2.30. The molecule has 0 saturated carbocycles. The molecule has 0 spiro atoms. The van der Waals surface area contributed by atoms with Crippen LogP contribution in [0.15, 0.2) is 67.0 Å². The van der Waals surface area contributed by atoms with E-state index in [0.29, 0.717) is 5.69 Å². The average Bonchev–Trinajstić information content (AvgIpc) is 2.91. The highest BCUT2D eigenvalue weighted by Crippen LogP contribution is 2.46. The Kier molecular flexibility index (Phi) is 9.12. The van der Waals surface area contributed by atoms with Crippen LogP contribution in [0, 0.1) is 0 Å². The summed E-state index contributed by atoms with van der Waals surface area (Å²) in [4.78, 5) is 4.28. The molecule has 4 aromatic rings. The molecule has 0 aliphatic carbocycles. The highest BCUT2D eigenvalue weighted by Gasteiger charge is 2.27. The molecule has 1 aromatic heterocycles. The van der Waals surface area contributed by atoms with Gasteiger partial charge >= 0.3 is 0 Å². The number of nitrogen functional groups attached to an aromatic ring is 1. The van der Waals surface area contributed by atoms with E-state index in [0.717, 1.165) is 11.4 Å². The lowest BCUT2D eigenvalue weighted by molar-refractivity contribution is 0.568. The van der Waals surface area contributed by atoms with Gasteiger partial charge in [0.25, 0.3) is 0 Å². The maximum absolute atomic E-state index is 6.54. The summed E-state index contributed by atoms with van der Waals surface area (Å²) < 4.78 is 0. The molecule has 0 bridgehead atoms. The summed E-state index contributed by atoms with van der Waals surface area (Å²) in [6.07, 6.45) is 3.53. The minimum Gasteiger partial charge on any atom is -0.396 e. The maximum Gasteiger partial charge on any atom is 0.0739 e. The topological polar surface area (TPSA) is 50.9 Å². The van der Waals surface area contributed by atoms with Crippen molar-refractivity contribution in [3.63, 3.8) is 0 Å². The van der Waals surface area contributed by atoms with Crippen molar-refractivity contribution in [2.45, 2.75) is 131 Å². The molecular weight excluding hydrogens is 558 g/mol. The van der Waals surface area contributed by atoms with Gasteiger partial charge < -0.3 is 11.1 Å². The fraction of sp³-hybridized carbons (Fsp3) is 0.465. The van der Waals surface area contributed by atoms with E-state index in [1.54, 1.807) is 12.4 Å². The van der Waals surface area contributed by atoms with Crippen molar-refractivity contribution in [1.82, 2.24) is 4.98 Å². The zero-order valence-electron chi connectivity index (χ0n) is 31.4. The molecule has 0 fully saturated rings. The van der Waals surface area contributed by atoms with Gasteiger partial charge in [0.1, 0.15) is 0 Å². The van der Waals surface area contributed by atoms with E-state index in [1.807, 2.05) is 6.07 Å². The monoisotopic (exact) mass is 617 g/mol. The molecule has 4 rings (SSSR count). The molecule has 0 amide bonds. The number of anilines is 3. The summed E-state index contributed by atoms with van der Waals surface area (Å²) in [5.74, 6) is 0. The van der Waals surface area contributed by atoms with Gasteiger partial charge in [0.15, 0.2) is 0 Å². The fourth-order valence-corrected chi connectivity index (χ4v) is 5.62. The van der Waals surface area contributed by atoms with Crippen LogP contribution in [0.2, 0.25) is 0 Å². The number of rotatable bonds is 4. The Morgan fingerprint density at radius 1 is 0.478 bits per heavy atom. The van der Waals surface area contributed by atoms with Crippen molar-refractivity contribution in [2.75, 3.05) is 11.1 Å². The average molecular weight is 618 g/mol. The summed E-state index contributed by atoms with van der Waals surface area (Å²) in [6, 6.07) is 21.2. The van der Waals surface area contributed by atoms with E-state index in [-0.39, 0.29) is 27.1 Å². The second-order valence-electron chi connectivity index (χ2n) is 18.4. The second-order valence-corrected chi connectivity index (χ2v) is 18.4. The number of nitrogens with one attached hydrogen (secondary N) is 1. The molecule has 1 heterocycles. The van der Waals surface area contributed by atoms with E-state index in [2.05, 4.69) is 163 Å². The van der Waals surface area contributed by atoms with Gasteiger partial charge in [-0.05, 0) is 84.2 Å². The van der Waals surface area contributed by atoms with Crippen LogP contribution in [-0.2, 0) is 27.1 Å². The minimum absolute atomic E-state index is 0.00769. The molecule has 0 atom stereocenters. The van der Waals surface area contributed by atoms with Gasteiger partial charge in [-0.1, -0.05) is 140 Å². The predicted molar refractivity (Wildman–Crippen MR) is 203 cm³/mol. The highest BCUT2D eigenvalue weighted by molar-refractivity contribution is 5.95. The lowest BCUT2D eigenvalue weighted by atomic mass is 9.76. The van der Waals surface area contributed by atoms with Crippen LogP contribution >= 0.6 is 0 Å². The van der Waals surface area contributed by atoms with Crippen LogP contribution < -0.4 is 11.1 Å². The molecule has 3 nitrogen and oxygen atoms in total. The van der Waals surface area contributed by atoms with Gasteiger partial charge in [0, 0.05) is 17.3 Å². The Labute approximate surface area is 280 Å². The number of hydrogen-bond donors (Lipinski definition) is 2. The first-order valence-corrected chi connectivity index (χ1v) is 16.8. The summed E-state index contributed by atoms with van der Waals surface area (Å²) in [6.45, 7) is 34.6. The van der Waals surface area contributed by atoms with Crippen molar-refractivity contribution >= 4 is 17.1 Å². The molecule has 246 valence electrons. The number of nitrogens with two attached hydrogens (primary N) is 1. The molecule has 46 heavy (non-hydrogen) atoms. The molecule has 0 aliphatic rings. The molecule has 0 aliphatic heterocycles. The quantitative estimate of drug-likeness (QED) is 0.239. The largest absolute Gasteiger partial charge is 0.396 e. The van der Waals surface area contributed by atoms with Crippen molar-refractivity contribution in [1.29, 1.82) is 0 Å². The summed E-state index contributed by atoms with van der Waals surface area (Å²) >= 11 is 0. The van der Waals surface area contributed by atoms with Gasteiger partial charge in [0.2, 0.25) is 0 Å². The van der Waals surface area contributed by atoms with E-state index in [9.17, 15) is 0 Å². The van der Waals surface area contributed by atoms with E-state index in [4.69, 9.17) is 5.73 Å². The van der Waals surface area contributed by atoms with Crippen LogP contribution in [0.25, 0.3) is 22.3 Å². The Morgan fingerprint density at radius 2 is 0.804 bits per heavy atom. The zero-order valence-corrected chi connectivity index (χ0v) is 31.4. The molecule has 3 heteroatoms. The Balaban J connectivity index is 2.23. The third-order valence-corrected chi connectivity index (χ3v) is 9.07. The number of nitrogens with zero attached hydrogens (tertiary/aromatic N) is 1. The molecule has 0 unspecified atom stereocenters. The van der Waals surface area contributed by atoms with E-state index >= 15 is 0 Å². The highest BCUT2D eigenvalue weighted by atomic mass is 14.9. The molecule has 3 aromatic carbocycles. The van der Waals surface area contributed by atoms with Crippen LogP contribution in [0.5, 0.6) is 0 Å². The van der Waals surface area contributed by atoms with Crippen molar-refractivity contribution in [3.8, 4) is 22.3 Å². The Morgan fingerprint density at radius 3 is 1.11 bits per heavy atom. The summed E-state index contributed by atoms with van der Waals surface area (Å²) in [5.41, 5.74) is 20.4. The van der Waals surface area contributed by atoms with Crippen molar-refractivity contribution in [2.24, 2.45) is 0 Å². The smallest absolute Gasteiger partial charge is 0.0739 e. The molecule has 0 saturated heterocycles. The third kappa shape index (κ3) is 7.85. The summed E-state index contributed by atoms with van der Waals surface area (Å²) in [7, 11) is 0. The van der Waals surface area contributed by atoms with Crippen molar-refractivity contribution in [3.05, 3.63) is 94.8 Å². The minimum atomic E-state index is -0.0687. The maximum atomic E-state index is 6.54. The first-order chi connectivity index (χ1) is 20.9. The molecular formula is C43H59N3.